The number of hydrazone groups is 1. The molecule has 1 aliphatic heterocycles. The number of pyridine rings is 1. The van der Waals surface area contributed by atoms with Crippen molar-refractivity contribution >= 4 is 34.5 Å². The number of hydrogen-bond donors (Lipinski definition) is 6. The third-order valence-electron chi connectivity index (χ3n) is 6.10. The number of nitrogens with one attached hydrogen (secondary N) is 2. The van der Waals surface area contributed by atoms with Crippen molar-refractivity contribution in [1.82, 2.24) is 9.99 Å². The average Bonchev–Trinajstić information content (AvgIpc) is 2.88. The van der Waals surface area contributed by atoms with E-state index in [2.05, 4.69) is 15.4 Å². The van der Waals surface area contributed by atoms with Gasteiger partial charge in [0.15, 0.2) is 0 Å². The first-order valence-corrected chi connectivity index (χ1v) is 10.7. The highest BCUT2D eigenvalue weighted by atomic mass is 16.3. The Bertz CT molecular complexity index is 1500. The van der Waals surface area contributed by atoms with Crippen molar-refractivity contribution in [3.8, 4) is 11.9 Å². The number of carbonyl (C=O) groups is 2. The Morgan fingerprint density at radius 3 is 2.33 bits per heavy atom. The molecule has 2 heterocycles. The molecule has 184 valence electrons. The first-order chi connectivity index (χ1) is 17.2. The molecule has 0 unspecified atom stereocenters. The summed E-state index contributed by atoms with van der Waals surface area (Å²) in [7, 11) is 0. The van der Waals surface area contributed by atoms with E-state index in [1.54, 1.807) is 18.2 Å². The summed E-state index contributed by atoms with van der Waals surface area (Å²) < 4.78 is 0. The zero-order valence-electron chi connectivity index (χ0n) is 18.9. The molecule has 12 heteroatoms. The standard InChI is InChI=1S/C24H21N5O7/c1-12-16(7-25)20(33)27-21(34)17(12)8-26-29-22(35)14-4-2-3-13-18(28-24(9-30,10-31)11-32)6-5-15(19(13)14)23(29)36/h2-6,8,28,30-32H,9-11H2,1H3,(H2,27,33,34)/b26-8+. The van der Waals surface area contributed by atoms with Gasteiger partial charge in [-0.15, -0.1) is 0 Å². The summed E-state index contributed by atoms with van der Waals surface area (Å²) in [4.78, 5) is 40.4. The lowest BCUT2D eigenvalue weighted by molar-refractivity contribution is 0.0616. The number of amides is 2. The Labute approximate surface area is 203 Å². The van der Waals surface area contributed by atoms with E-state index in [0.717, 1.165) is 6.21 Å². The van der Waals surface area contributed by atoms with Crippen LogP contribution in [0.15, 0.2) is 40.2 Å². The molecule has 0 bridgehead atoms. The van der Waals surface area contributed by atoms with Gasteiger partial charge in [0.2, 0.25) is 5.88 Å². The van der Waals surface area contributed by atoms with E-state index in [-0.39, 0.29) is 27.8 Å². The minimum atomic E-state index is -1.43. The second-order valence-corrected chi connectivity index (χ2v) is 8.26. The molecule has 0 fully saturated rings. The quantitative estimate of drug-likeness (QED) is 0.197. The smallest absolute Gasteiger partial charge is 0.282 e. The van der Waals surface area contributed by atoms with Crippen LogP contribution in [0.5, 0.6) is 5.88 Å². The number of aliphatic hydroxyl groups is 3. The maximum absolute atomic E-state index is 13.2. The SMILES string of the molecule is Cc1c(/C=N/N2C(=O)c3cccc4c(NC(CO)(CO)CO)ccc(c34)C2=O)c(O)[nH]c(=O)c1C#N. The fourth-order valence-electron chi connectivity index (χ4n) is 3.98. The Morgan fingerprint density at radius 1 is 1.08 bits per heavy atom. The summed E-state index contributed by atoms with van der Waals surface area (Å²) in [5.74, 6) is -2.09. The normalized spacial score (nSPS) is 13.5. The number of imide groups is 1. The molecular weight excluding hydrogens is 470 g/mol. The maximum atomic E-state index is 13.2. The van der Waals surface area contributed by atoms with Crippen LogP contribution in [0.2, 0.25) is 0 Å². The van der Waals surface area contributed by atoms with Crippen molar-refractivity contribution in [3.63, 3.8) is 0 Å². The van der Waals surface area contributed by atoms with Gasteiger partial charge in [-0.3, -0.25) is 19.4 Å². The number of nitrogens with zero attached hydrogens (tertiary/aromatic N) is 3. The van der Waals surface area contributed by atoms with Crippen LogP contribution in [0.25, 0.3) is 10.8 Å². The number of rotatable bonds is 7. The van der Waals surface area contributed by atoms with Crippen LogP contribution in [0, 0.1) is 18.3 Å². The zero-order chi connectivity index (χ0) is 26.2. The molecule has 4 rings (SSSR count). The highest BCUT2D eigenvalue weighted by Crippen LogP contribution is 2.35. The van der Waals surface area contributed by atoms with Gasteiger partial charge in [0.25, 0.3) is 17.4 Å². The van der Waals surface area contributed by atoms with Gasteiger partial charge in [0, 0.05) is 16.5 Å². The number of aliphatic hydroxyl groups excluding tert-OH is 3. The van der Waals surface area contributed by atoms with E-state index in [0.29, 0.717) is 21.5 Å². The molecule has 1 aliphatic rings. The predicted molar refractivity (Wildman–Crippen MR) is 128 cm³/mol. The maximum Gasteiger partial charge on any atom is 0.282 e. The van der Waals surface area contributed by atoms with Crippen molar-refractivity contribution in [3.05, 3.63) is 68.5 Å². The molecule has 0 spiro atoms. The van der Waals surface area contributed by atoms with Crippen molar-refractivity contribution in [2.45, 2.75) is 12.5 Å². The third-order valence-corrected chi connectivity index (χ3v) is 6.10. The van der Waals surface area contributed by atoms with Gasteiger partial charge in [0.1, 0.15) is 17.2 Å². The van der Waals surface area contributed by atoms with Crippen molar-refractivity contribution in [2.75, 3.05) is 25.1 Å². The highest BCUT2D eigenvalue weighted by Gasteiger charge is 2.35. The van der Waals surface area contributed by atoms with Gasteiger partial charge in [-0.25, -0.2) is 0 Å². The molecule has 36 heavy (non-hydrogen) atoms. The van der Waals surface area contributed by atoms with Gasteiger partial charge in [0.05, 0.1) is 42.7 Å². The van der Waals surface area contributed by atoms with Crippen molar-refractivity contribution in [1.29, 1.82) is 5.26 Å². The molecular formula is C24H21N5O7. The largest absolute Gasteiger partial charge is 0.494 e. The molecule has 1 aromatic heterocycles. The average molecular weight is 491 g/mol. The summed E-state index contributed by atoms with van der Waals surface area (Å²) in [6.07, 6.45) is 1.01. The Kier molecular flexibility index (Phi) is 6.30. The van der Waals surface area contributed by atoms with E-state index in [9.17, 15) is 40.1 Å². The zero-order valence-corrected chi connectivity index (χ0v) is 18.9. The van der Waals surface area contributed by atoms with Crippen LogP contribution in [0.1, 0.15) is 37.4 Å². The van der Waals surface area contributed by atoms with Crippen molar-refractivity contribution < 1.29 is 30.0 Å². The van der Waals surface area contributed by atoms with E-state index < -0.39 is 48.6 Å². The topological polar surface area (TPSA) is 199 Å². The Morgan fingerprint density at radius 2 is 1.72 bits per heavy atom. The van der Waals surface area contributed by atoms with Crippen LogP contribution < -0.4 is 10.9 Å². The van der Waals surface area contributed by atoms with Crippen molar-refractivity contribution in [2.24, 2.45) is 5.10 Å². The van der Waals surface area contributed by atoms with Gasteiger partial charge in [-0.2, -0.15) is 15.4 Å². The molecule has 0 radical (unpaired) electrons. The van der Waals surface area contributed by atoms with E-state index in [1.165, 1.54) is 25.1 Å². The van der Waals surface area contributed by atoms with Crippen LogP contribution in [0.3, 0.4) is 0 Å². The fraction of sp³-hybridized carbons (Fsp3) is 0.208. The minimum absolute atomic E-state index is 0.0383. The molecule has 12 nitrogen and oxygen atoms in total. The minimum Gasteiger partial charge on any atom is -0.494 e. The van der Waals surface area contributed by atoms with Gasteiger partial charge in [-0.05, 0) is 30.7 Å². The predicted octanol–water partition coefficient (Wildman–Crippen LogP) is 0.171. The molecule has 0 saturated carbocycles. The summed E-state index contributed by atoms with van der Waals surface area (Å²) in [6, 6.07) is 9.42. The Balaban J connectivity index is 1.79. The number of hydrogen-bond acceptors (Lipinski definition) is 10. The lowest BCUT2D eigenvalue weighted by Crippen LogP contribution is -2.49. The van der Waals surface area contributed by atoms with E-state index in [1.807, 2.05) is 0 Å². The van der Waals surface area contributed by atoms with Crippen LogP contribution >= 0.6 is 0 Å². The highest BCUT2D eigenvalue weighted by molar-refractivity contribution is 6.26. The fourth-order valence-corrected chi connectivity index (χ4v) is 3.98. The lowest BCUT2D eigenvalue weighted by atomic mass is 9.92. The number of anilines is 1. The summed E-state index contributed by atoms with van der Waals surface area (Å²) in [5.41, 5.74) is -1.71. The monoisotopic (exact) mass is 491 g/mol. The number of aromatic amines is 1. The van der Waals surface area contributed by atoms with Gasteiger partial charge in [-0.1, -0.05) is 12.1 Å². The second kappa shape index (κ2) is 9.23. The summed E-state index contributed by atoms with van der Waals surface area (Å²) in [5, 5.41) is 56.5. The van der Waals surface area contributed by atoms with Gasteiger partial charge < -0.3 is 25.7 Å². The van der Waals surface area contributed by atoms with E-state index >= 15 is 0 Å². The molecule has 0 aliphatic carbocycles. The number of benzene rings is 2. The summed E-state index contributed by atoms with van der Waals surface area (Å²) >= 11 is 0. The third kappa shape index (κ3) is 3.77. The molecule has 2 amide bonds. The second-order valence-electron chi connectivity index (χ2n) is 8.26. The lowest BCUT2D eigenvalue weighted by Gasteiger charge is -2.31. The van der Waals surface area contributed by atoms with Gasteiger partial charge >= 0.3 is 0 Å². The Hall–Kier alpha value is -4.57. The number of H-pyrrole nitrogens is 1. The molecule has 2 aromatic carbocycles. The van der Waals surface area contributed by atoms with Crippen LogP contribution in [0.4, 0.5) is 5.69 Å². The van der Waals surface area contributed by atoms with E-state index in [4.69, 9.17) is 0 Å². The summed E-state index contributed by atoms with van der Waals surface area (Å²) in [6.45, 7) is -0.306. The molecule has 3 aromatic rings. The molecule has 0 atom stereocenters. The van der Waals surface area contributed by atoms with Crippen LogP contribution in [-0.4, -0.2) is 73.8 Å². The molecule has 6 N–H and O–H groups in total. The number of aromatic nitrogens is 1. The van der Waals surface area contributed by atoms with Crippen LogP contribution in [-0.2, 0) is 0 Å². The number of aromatic hydroxyl groups is 1. The number of nitriles is 1. The number of carbonyl (C=O) groups excluding carboxylic acids is 2. The first kappa shape index (κ1) is 24.6. The molecule has 0 saturated heterocycles. The first-order valence-electron chi connectivity index (χ1n) is 10.7.